The number of aromatic nitrogens is 1. The Kier molecular flexibility index (Phi) is 7.22. The number of rotatable bonds is 8. The second kappa shape index (κ2) is 10.5. The van der Waals surface area contributed by atoms with Crippen LogP contribution in [0.4, 0.5) is 11.5 Å². The molecule has 0 spiro atoms. The highest BCUT2D eigenvalue weighted by molar-refractivity contribution is 6.07. The monoisotopic (exact) mass is 432 g/mol. The van der Waals surface area contributed by atoms with Gasteiger partial charge in [-0.25, -0.2) is 4.98 Å². The van der Waals surface area contributed by atoms with Gasteiger partial charge in [-0.15, -0.1) is 0 Å². The molecule has 1 atom stereocenters. The third-order valence-corrected chi connectivity index (χ3v) is 6.01. The fraction of sp³-hybridized carbons (Fsp3) is 0.385. The van der Waals surface area contributed by atoms with Crippen molar-refractivity contribution in [1.29, 1.82) is 0 Å². The standard InChI is InChI=1S/C26H32N4O2/c1-19-9-7-15-30(18-19)16-8-14-27-26(31)21-17-25(28-22-11-4-3-10-20(21)22)29-23-12-5-6-13-24(23)32-2/h3-6,10-13,17,19H,7-9,14-16,18H2,1-2H3,(H,27,31)(H,28,29). The second-order valence-electron chi connectivity index (χ2n) is 8.55. The van der Waals surface area contributed by atoms with E-state index in [2.05, 4.69) is 22.5 Å². The molecule has 2 aromatic carbocycles. The number of carbonyl (C=O) groups is 1. The van der Waals surface area contributed by atoms with Gasteiger partial charge in [-0.1, -0.05) is 37.3 Å². The van der Waals surface area contributed by atoms with E-state index in [1.165, 1.54) is 25.9 Å². The predicted octanol–water partition coefficient (Wildman–Crippen LogP) is 4.84. The van der Waals surface area contributed by atoms with Gasteiger partial charge in [0.2, 0.25) is 0 Å². The van der Waals surface area contributed by atoms with Crippen molar-refractivity contribution in [3.63, 3.8) is 0 Å². The lowest BCUT2D eigenvalue weighted by molar-refractivity contribution is 0.0951. The molecule has 1 aromatic heterocycles. The summed E-state index contributed by atoms with van der Waals surface area (Å²) in [4.78, 5) is 20.3. The average Bonchev–Trinajstić information content (AvgIpc) is 2.81. The van der Waals surface area contributed by atoms with Crippen molar-refractivity contribution >= 4 is 28.3 Å². The van der Waals surface area contributed by atoms with Gasteiger partial charge in [-0.3, -0.25) is 4.79 Å². The third-order valence-electron chi connectivity index (χ3n) is 6.01. The number of hydrogen-bond acceptors (Lipinski definition) is 5. The van der Waals surface area contributed by atoms with Crippen LogP contribution in [0.3, 0.4) is 0 Å². The van der Waals surface area contributed by atoms with Gasteiger partial charge in [0.25, 0.3) is 5.91 Å². The van der Waals surface area contributed by atoms with Crippen LogP contribution in [-0.2, 0) is 0 Å². The Morgan fingerprint density at radius 1 is 1.19 bits per heavy atom. The van der Waals surface area contributed by atoms with Crippen LogP contribution < -0.4 is 15.4 Å². The number of carbonyl (C=O) groups excluding carboxylic acids is 1. The summed E-state index contributed by atoms with van der Waals surface area (Å²) >= 11 is 0. The number of methoxy groups -OCH3 is 1. The molecule has 1 fully saturated rings. The van der Waals surface area contributed by atoms with Gasteiger partial charge in [0.15, 0.2) is 0 Å². The number of anilines is 2. The normalized spacial score (nSPS) is 16.6. The topological polar surface area (TPSA) is 66.5 Å². The maximum atomic E-state index is 13.1. The molecule has 32 heavy (non-hydrogen) atoms. The van der Waals surface area contributed by atoms with Gasteiger partial charge in [-0.05, 0) is 62.5 Å². The fourth-order valence-electron chi connectivity index (χ4n) is 4.40. The van der Waals surface area contributed by atoms with E-state index in [9.17, 15) is 4.79 Å². The Morgan fingerprint density at radius 2 is 2.00 bits per heavy atom. The smallest absolute Gasteiger partial charge is 0.252 e. The molecule has 3 aromatic rings. The Hall–Kier alpha value is -3.12. The minimum absolute atomic E-state index is 0.0707. The summed E-state index contributed by atoms with van der Waals surface area (Å²) in [6, 6.07) is 17.2. The molecule has 1 saturated heterocycles. The van der Waals surface area contributed by atoms with Crippen molar-refractivity contribution < 1.29 is 9.53 Å². The molecule has 2 heterocycles. The first kappa shape index (κ1) is 22.1. The highest BCUT2D eigenvalue weighted by Crippen LogP contribution is 2.28. The summed E-state index contributed by atoms with van der Waals surface area (Å²) in [6.45, 7) is 6.35. The first-order chi connectivity index (χ1) is 15.6. The number of benzene rings is 2. The minimum atomic E-state index is -0.0707. The number of piperidine rings is 1. The van der Waals surface area contributed by atoms with Crippen molar-refractivity contribution in [2.75, 3.05) is 38.6 Å². The maximum absolute atomic E-state index is 13.1. The molecular weight excluding hydrogens is 400 g/mol. The Labute approximate surface area is 190 Å². The average molecular weight is 433 g/mol. The molecule has 0 radical (unpaired) electrons. The van der Waals surface area contributed by atoms with E-state index in [0.29, 0.717) is 17.9 Å². The van der Waals surface area contributed by atoms with E-state index in [-0.39, 0.29) is 5.91 Å². The van der Waals surface area contributed by atoms with Crippen LogP contribution in [0.1, 0.15) is 36.5 Å². The molecule has 0 bridgehead atoms. The zero-order chi connectivity index (χ0) is 22.3. The zero-order valence-electron chi connectivity index (χ0n) is 18.9. The number of nitrogens with one attached hydrogen (secondary N) is 2. The van der Waals surface area contributed by atoms with E-state index < -0.39 is 0 Å². The van der Waals surface area contributed by atoms with Crippen molar-refractivity contribution in [3.8, 4) is 5.75 Å². The SMILES string of the molecule is COc1ccccc1Nc1cc(C(=O)NCCCN2CCCC(C)C2)c2ccccc2n1. The lowest BCUT2D eigenvalue weighted by Gasteiger charge is -2.30. The molecule has 6 nitrogen and oxygen atoms in total. The lowest BCUT2D eigenvalue weighted by Crippen LogP contribution is -2.36. The third kappa shape index (κ3) is 5.37. The van der Waals surface area contributed by atoms with Gasteiger partial charge in [0.1, 0.15) is 11.6 Å². The van der Waals surface area contributed by atoms with E-state index in [1.54, 1.807) is 7.11 Å². The van der Waals surface area contributed by atoms with Crippen LogP contribution in [-0.4, -0.2) is 49.1 Å². The van der Waals surface area contributed by atoms with Crippen LogP contribution >= 0.6 is 0 Å². The Morgan fingerprint density at radius 3 is 2.84 bits per heavy atom. The minimum Gasteiger partial charge on any atom is -0.495 e. The van der Waals surface area contributed by atoms with Crippen LogP contribution in [0, 0.1) is 5.92 Å². The molecule has 0 saturated carbocycles. The van der Waals surface area contributed by atoms with Gasteiger partial charge in [-0.2, -0.15) is 0 Å². The molecule has 6 heteroatoms. The van der Waals surface area contributed by atoms with Crippen molar-refractivity contribution in [3.05, 3.63) is 60.2 Å². The molecule has 0 aliphatic carbocycles. The van der Waals surface area contributed by atoms with Crippen molar-refractivity contribution in [2.24, 2.45) is 5.92 Å². The molecule has 1 unspecified atom stereocenters. The molecule has 1 aliphatic heterocycles. The number of hydrogen-bond donors (Lipinski definition) is 2. The lowest BCUT2D eigenvalue weighted by atomic mass is 10.0. The largest absolute Gasteiger partial charge is 0.495 e. The van der Waals surface area contributed by atoms with Gasteiger partial charge >= 0.3 is 0 Å². The predicted molar refractivity (Wildman–Crippen MR) is 130 cm³/mol. The summed E-state index contributed by atoms with van der Waals surface area (Å²) in [6.07, 6.45) is 3.56. The molecule has 1 amide bonds. The van der Waals surface area contributed by atoms with E-state index in [4.69, 9.17) is 9.72 Å². The summed E-state index contributed by atoms with van der Waals surface area (Å²) in [7, 11) is 1.64. The van der Waals surface area contributed by atoms with Crippen LogP contribution in [0.2, 0.25) is 0 Å². The number of likely N-dealkylation sites (tertiary alicyclic amines) is 1. The number of pyridine rings is 1. The Balaban J connectivity index is 1.46. The quantitative estimate of drug-likeness (QED) is 0.499. The van der Waals surface area contributed by atoms with Crippen LogP contribution in [0.25, 0.3) is 10.9 Å². The first-order valence-corrected chi connectivity index (χ1v) is 11.4. The van der Waals surface area contributed by atoms with Gasteiger partial charge in [0, 0.05) is 18.5 Å². The molecule has 1 aliphatic rings. The van der Waals surface area contributed by atoms with Gasteiger partial charge < -0.3 is 20.3 Å². The zero-order valence-corrected chi connectivity index (χ0v) is 18.9. The number of fused-ring (bicyclic) bond motifs is 1. The molecule has 4 rings (SSSR count). The fourth-order valence-corrected chi connectivity index (χ4v) is 4.40. The van der Waals surface area contributed by atoms with Crippen molar-refractivity contribution in [1.82, 2.24) is 15.2 Å². The summed E-state index contributed by atoms with van der Waals surface area (Å²) in [5.74, 6) is 2.04. The summed E-state index contributed by atoms with van der Waals surface area (Å²) in [5.41, 5.74) is 2.21. The molecule has 2 N–H and O–H groups in total. The van der Waals surface area contributed by atoms with Crippen LogP contribution in [0.5, 0.6) is 5.75 Å². The molecular formula is C26H32N4O2. The van der Waals surface area contributed by atoms with E-state index in [1.807, 2.05) is 54.6 Å². The summed E-state index contributed by atoms with van der Waals surface area (Å²) in [5, 5.41) is 7.26. The van der Waals surface area contributed by atoms with E-state index >= 15 is 0 Å². The highest BCUT2D eigenvalue weighted by Gasteiger charge is 2.16. The van der Waals surface area contributed by atoms with Crippen LogP contribution in [0.15, 0.2) is 54.6 Å². The van der Waals surface area contributed by atoms with Gasteiger partial charge in [0.05, 0.1) is 23.9 Å². The highest BCUT2D eigenvalue weighted by atomic mass is 16.5. The maximum Gasteiger partial charge on any atom is 0.252 e. The molecule has 168 valence electrons. The number of para-hydroxylation sites is 3. The Bertz CT molecular complexity index is 1070. The number of ether oxygens (including phenoxy) is 1. The second-order valence-corrected chi connectivity index (χ2v) is 8.55. The summed E-state index contributed by atoms with van der Waals surface area (Å²) < 4.78 is 5.43. The number of amides is 1. The van der Waals surface area contributed by atoms with E-state index in [0.717, 1.165) is 41.2 Å². The van der Waals surface area contributed by atoms with Crippen molar-refractivity contribution in [2.45, 2.75) is 26.2 Å². The first-order valence-electron chi connectivity index (χ1n) is 11.4. The number of nitrogens with zero attached hydrogens (tertiary/aromatic N) is 2.